The van der Waals surface area contributed by atoms with E-state index in [4.69, 9.17) is 11.6 Å². The van der Waals surface area contributed by atoms with E-state index in [0.29, 0.717) is 18.8 Å². The van der Waals surface area contributed by atoms with Crippen LogP contribution in [0.2, 0.25) is 5.02 Å². The molecule has 2 heterocycles. The first-order valence-corrected chi connectivity index (χ1v) is 8.64. The first-order chi connectivity index (χ1) is 12.0. The standard InChI is InChI=1S/C18H21ClN4O2/c1-21(2)17(24)14-9-6-10-22(14)15-11-20-23(18(25)16(15)19)12-13-7-4-3-5-8-13/h3-5,7-8,11,14H,6,9-10,12H2,1-2H3. The molecule has 1 atom stereocenters. The summed E-state index contributed by atoms with van der Waals surface area (Å²) in [6.07, 6.45) is 3.22. The van der Waals surface area contributed by atoms with Gasteiger partial charge in [-0.3, -0.25) is 9.59 Å². The second kappa shape index (κ2) is 7.27. The van der Waals surface area contributed by atoms with Crippen molar-refractivity contribution in [2.45, 2.75) is 25.4 Å². The largest absolute Gasteiger partial charge is 0.357 e. The van der Waals surface area contributed by atoms with Gasteiger partial charge in [0.2, 0.25) is 5.91 Å². The van der Waals surface area contributed by atoms with Crippen LogP contribution in [0.1, 0.15) is 18.4 Å². The summed E-state index contributed by atoms with van der Waals surface area (Å²) in [6.45, 7) is 1.05. The molecule has 1 aromatic carbocycles. The Bertz CT molecular complexity index is 820. The smallest absolute Gasteiger partial charge is 0.287 e. The molecule has 1 fully saturated rings. The predicted molar refractivity (Wildman–Crippen MR) is 98.1 cm³/mol. The summed E-state index contributed by atoms with van der Waals surface area (Å²) >= 11 is 6.35. The Hall–Kier alpha value is -2.34. The third-order valence-corrected chi connectivity index (χ3v) is 4.79. The number of hydrogen-bond acceptors (Lipinski definition) is 4. The normalized spacial score (nSPS) is 16.9. The maximum atomic E-state index is 12.6. The zero-order valence-electron chi connectivity index (χ0n) is 14.4. The number of likely N-dealkylation sites (N-methyl/N-ethyl adjacent to an activating group) is 1. The number of anilines is 1. The average Bonchev–Trinajstić information content (AvgIpc) is 3.08. The van der Waals surface area contributed by atoms with Crippen LogP contribution in [0.15, 0.2) is 41.3 Å². The molecule has 1 saturated heterocycles. The van der Waals surface area contributed by atoms with Crippen molar-refractivity contribution in [3.63, 3.8) is 0 Å². The van der Waals surface area contributed by atoms with Crippen molar-refractivity contribution >= 4 is 23.2 Å². The number of carbonyl (C=O) groups is 1. The SMILES string of the molecule is CN(C)C(=O)C1CCCN1c1cnn(Cc2ccccc2)c(=O)c1Cl. The van der Waals surface area contributed by atoms with Crippen molar-refractivity contribution in [2.24, 2.45) is 0 Å². The van der Waals surface area contributed by atoms with Gasteiger partial charge in [-0.1, -0.05) is 41.9 Å². The van der Waals surface area contributed by atoms with Gasteiger partial charge in [-0.05, 0) is 18.4 Å². The molecule has 2 aromatic rings. The van der Waals surface area contributed by atoms with Gasteiger partial charge in [-0.25, -0.2) is 4.68 Å². The molecule has 0 bridgehead atoms. The van der Waals surface area contributed by atoms with Crippen molar-refractivity contribution < 1.29 is 4.79 Å². The highest BCUT2D eigenvalue weighted by molar-refractivity contribution is 6.33. The minimum absolute atomic E-state index is 0.0158. The highest BCUT2D eigenvalue weighted by Crippen LogP contribution is 2.29. The lowest BCUT2D eigenvalue weighted by Crippen LogP contribution is -2.43. The summed E-state index contributed by atoms with van der Waals surface area (Å²) in [5, 5.41) is 4.39. The second-order valence-corrected chi connectivity index (χ2v) is 6.75. The molecule has 0 spiro atoms. The van der Waals surface area contributed by atoms with Crippen LogP contribution in [-0.2, 0) is 11.3 Å². The Balaban J connectivity index is 1.90. The second-order valence-electron chi connectivity index (χ2n) is 6.38. The van der Waals surface area contributed by atoms with Gasteiger partial charge in [0.05, 0.1) is 18.4 Å². The number of nitrogens with zero attached hydrogens (tertiary/aromatic N) is 4. The van der Waals surface area contributed by atoms with E-state index in [9.17, 15) is 9.59 Å². The number of amides is 1. The van der Waals surface area contributed by atoms with E-state index in [2.05, 4.69) is 5.10 Å². The molecule has 1 unspecified atom stereocenters. The summed E-state index contributed by atoms with van der Waals surface area (Å²) in [7, 11) is 3.47. The molecular weight excluding hydrogens is 340 g/mol. The monoisotopic (exact) mass is 360 g/mol. The molecule has 0 N–H and O–H groups in total. The Kier molecular flexibility index (Phi) is 5.08. The fourth-order valence-electron chi connectivity index (χ4n) is 3.14. The Labute approximate surface area is 151 Å². The Morgan fingerprint density at radius 1 is 1.32 bits per heavy atom. The van der Waals surface area contributed by atoms with Crippen LogP contribution in [0.3, 0.4) is 0 Å². The topological polar surface area (TPSA) is 58.4 Å². The van der Waals surface area contributed by atoms with Gasteiger partial charge in [0, 0.05) is 20.6 Å². The van der Waals surface area contributed by atoms with E-state index in [1.807, 2.05) is 35.2 Å². The first-order valence-electron chi connectivity index (χ1n) is 8.26. The molecule has 1 aliphatic heterocycles. The highest BCUT2D eigenvalue weighted by atomic mass is 35.5. The summed E-state index contributed by atoms with van der Waals surface area (Å²) in [4.78, 5) is 28.4. The van der Waals surface area contributed by atoms with Gasteiger partial charge in [0.25, 0.3) is 5.56 Å². The lowest BCUT2D eigenvalue weighted by atomic mass is 10.2. The van der Waals surface area contributed by atoms with Crippen LogP contribution in [0, 0.1) is 0 Å². The molecule has 132 valence electrons. The molecule has 1 aromatic heterocycles. The zero-order chi connectivity index (χ0) is 18.0. The van der Waals surface area contributed by atoms with Crippen LogP contribution in [-0.4, -0.2) is 47.3 Å². The van der Waals surface area contributed by atoms with Crippen molar-refractivity contribution in [2.75, 3.05) is 25.5 Å². The fraction of sp³-hybridized carbons (Fsp3) is 0.389. The van der Waals surface area contributed by atoms with Crippen LogP contribution in [0.5, 0.6) is 0 Å². The van der Waals surface area contributed by atoms with Gasteiger partial charge in [-0.15, -0.1) is 0 Å². The summed E-state index contributed by atoms with van der Waals surface area (Å²) < 4.78 is 1.35. The first kappa shape index (κ1) is 17.5. The quantitative estimate of drug-likeness (QED) is 0.836. The van der Waals surface area contributed by atoms with Gasteiger partial charge in [-0.2, -0.15) is 5.10 Å². The van der Waals surface area contributed by atoms with E-state index in [1.165, 1.54) is 4.68 Å². The van der Waals surface area contributed by atoms with E-state index >= 15 is 0 Å². The van der Waals surface area contributed by atoms with Crippen LogP contribution in [0.25, 0.3) is 0 Å². The van der Waals surface area contributed by atoms with Gasteiger partial charge >= 0.3 is 0 Å². The number of carbonyl (C=O) groups excluding carboxylic acids is 1. The number of rotatable bonds is 4. The van der Waals surface area contributed by atoms with Crippen LogP contribution >= 0.6 is 11.6 Å². The third kappa shape index (κ3) is 3.54. The highest BCUT2D eigenvalue weighted by Gasteiger charge is 2.33. The minimum atomic E-state index is -0.342. The predicted octanol–water partition coefficient (Wildman–Crippen LogP) is 2.00. The lowest BCUT2D eigenvalue weighted by Gasteiger charge is -2.28. The summed E-state index contributed by atoms with van der Waals surface area (Å²) in [5.74, 6) is 0.0158. The maximum Gasteiger partial charge on any atom is 0.287 e. The number of benzene rings is 1. The average molecular weight is 361 g/mol. The summed E-state index contributed by atoms with van der Waals surface area (Å²) in [5.41, 5.74) is 1.17. The third-order valence-electron chi connectivity index (χ3n) is 4.43. The number of aromatic nitrogens is 2. The van der Waals surface area contributed by atoms with E-state index in [0.717, 1.165) is 18.4 Å². The molecule has 3 rings (SSSR count). The zero-order valence-corrected chi connectivity index (χ0v) is 15.1. The Morgan fingerprint density at radius 3 is 2.72 bits per heavy atom. The van der Waals surface area contributed by atoms with Crippen molar-refractivity contribution in [3.05, 3.63) is 57.5 Å². The minimum Gasteiger partial charge on any atom is -0.357 e. The summed E-state index contributed by atoms with van der Waals surface area (Å²) in [6, 6.07) is 9.32. The molecule has 0 saturated carbocycles. The molecule has 0 aliphatic carbocycles. The van der Waals surface area contributed by atoms with E-state index < -0.39 is 0 Å². The molecule has 1 aliphatic rings. The van der Waals surface area contributed by atoms with E-state index in [1.54, 1.807) is 25.2 Å². The van der Waals surface area contributed by atoms with Crippen molar-refractivity contribution in [1.29, 1.82) is 0 Å². The molecular formula is C18H21ClN4O2. The van der Waals surface area contributed by atoms with Crippen molar-refractivity contribution in [3.8, 4) is 0 Å². The van der Waals surface area contributed by atoms with Crippen LogP contribution in [0.4, 0.5) is 5.69 Å². The van der Waals surface area contributed by atoms with Gasteiger partial charge in [0.15, 0.2) is 0 Å². The molecule has 25 heavy (non-hydrogen) atoms. The molecule has 6 nitrogen and oxygen atoms in total. The lowest BCUT2D eigenvalue weighted by molar-refractivity contribution is -0.129. The van der Waals surface area contributed by atoms with Gasteiger partial charge in [0.1, 0.15) is 11.1 Å². The van der Waals surface area contributed by atoms with Gasteiger partial charge < -0.3 is 9.80 Å². The van der Waals surface area contributed by atoms with Crippen LogP contribution < -0.4 is 10.5 Å². The van der Waals surface area contributed by atoms with E-state index in [-0.39, 0.29) is 22.5 Å². The Morgan fingerprint density at radius 2 is 2.04 bits per heavy atom. The molecule has 0 radical (unpaired) electrons. The maximum absolute atomic E-state index is 12.6. The molecule has 1 amide bonds. The fourth-order valence-corrected chi connectivity index (χ4v) is 3.39. The molecule has 7 heteroatoms. The number of hydrogen-bond donors (Lipinski definition) is 0. The number of halogens is 1. The van der Waals surface area contributed by atoms with Crippen molar-refractivity contribution in [1.82, 2.24) is 14.7 Å².